The summed E-state index contributed by atoms with van der Waals surface area (Å²) in [5, 5.41) is 0. The average Bonchev–Trinajstić information content (AvgIpc) is 3.58. The van der Waals surface area contributed by atoms with Crippen LogP contribution < -0.4 is 9.47 Å². The third-order valence-corrected chi connectivity index (χ3v) is 8.56. The second-order valence-corrected chi connectivity index (χ2v) is 11.9. The van der Waals surface area contributed by atoms with E-state index in [0.717, 1.165) is 87.0 Å². The molecule has 0 amide bonds. The number of allylic oxidation sites excluding steroid dienone is 1. The molecule has 6 heteroatoms. The van der Waals surface area contributed by atoms with E-state index in [9.17, 15) is 9.18 Å². The van der Waals surface area contributed by atoms with Crippen LogP contribution in [0.5, 0.6) is 11.5 Å². The Hall–Kier alpha value is -2.37. The molecule has 0 saturated carbocycles. The van der Waals surface area contributed by atoms with Crippen molar-refractivity contribution in [1.82, 2.24) is 4.90 Å². The molecule has 1 fully saturated rings. The summed E-state index contributed by atoms with van der Waals surface area (Å²) in [5.41, 5.74) is 5.59. The van der Waals surface area contributed by atoms with Crippen LogP contribution in [-0.4, -0.2) is 36.1 Å². The summed E-state index contributed by atoms with van der Waals surface area (Å²) in [5.74, 6) is 1.44. The van der Waals surface area contributed by atoms with Gasteiger partial charge in [-0.1, -0.05) is 19.1 Å². The molecule has 2 heterocycles. The van der Waals surface area contributed by atoms with Crippen molar-refractivity contribution in [2.24, 2.45) is 0 Å². The predicted molar refractivity (Wildman–Crippen MR) is 157 cm³/mol. The molecule has 0 aromatic heterocycles. The number of carbonyl (C=O) groups excluding carboxylic acids is 1. The molecule has 39 heavy (non-hydrogen) atoms. The molecule has 2 aromatic rings. The van der Waals surface area contributed by atoms with E-state index in [2.05, 4.69) is 37.8 Å². The number of ether oxygens (including phenoxy) is 2. The minimum absolute atomic E-state index is 0. The van der Waals surface area contributed by atoms with E-state index >= 15 is 0 Å². The van der Waals surface area contributed by atoms with Crippen molar-refractivity contribution in [2.75, 3.05) is 19.6 Å². The van der Waals surface area contributed by atoms with Gasteiger partial charge >= 0.3 is 5.97 Å². The lowest BCUT2D eigenvalue weighted by atomic mass is 9.85. The van der Waals surface area contributed by atoms with Crippen LogP contribution in [-0.2, 0) is 11.2 Å². The lowest BCUT2D eigenvalue weighted by Gasteiger charge is -2.36. The molecular weight excluding hydrogens is 513 g/mol. The zero-order valence-corrected chi connectivity index (χ0v) is 24.5. The predicted octanol–water partition coefficient (Wildman–Crippen LogP) is 8.26. The van der Waals surface area contributed by atoms with E-state index in [1.54, 1.807) is 0 Å². The normalized spacial score (nSPS) is 18.7. The van der Waals surface area contributed by atoms with Crippen LogP contribution in [0.3, 0.4) is 0 Å². The minimum atomic E-state index is -0.347. The van der Waals surface area contributed by atoms with E-state index in [-0.39, 0.29) is 35.7 Å². The molecule has 3 aliphatic rings. The number of aryl methyl sites for hydroxylation is 1. The Balaban J connectivity index is 0.00000353. The molecule has 0 radical (unpaired) electrons. The van der Waals surface area contributed by atoms with Crippen LogP contribution in [0.2, 0.25) is 0 Å². The first-order chi connectivity index (χ1) is 18.3. The number of benzene rings is 2. The Morgan fingerprint density at radius 3 is 2.56 bits per heavy atom. The van der Waals surface area contributed by atoms with E-state index < -0.39 is 0 Å². The van der Waals surface area contributed by atoms with Crippen LogP contribution in [0.15, 0.2) is 42.0 Å². The number of fused-ring (bicyclic) bond motifs is 2. The Morgan fingerprint density at radius 1 is 1.08 bits per heavy atom. The lowest BCUT2D eigenvalue weighted by Crippen LogP contribution is -2.33. The first-order valence-corrected chi connectivity index (χ1v) is 14.6. The highest BCUT2D eigenvalue weighted by Gasteiger charge is 2.39. The van der Waals surface area contributed by atoms with Crippen molar-refractivity contribution in [3.8, 4) is 11.5 Å². The second kappa shape index (κ2) is 12.9. The summed E-state index contributed by atoms with van der Waals surface area (Å²) >= 11 is 0. The minimum Gasteiger partial charge on any atom is -0.483 e. The fraction of sp³-hybridized carbons (Fsp3) is 0.545. The van der Waals surface area contributed by atoms with Crippen LogP contribution in [0.1, 0.15) is 101 Å². The standard InChI is InChI=1S/C33H42FNO3.ClH/c1-23(9-6-10-24-14-16-26(34)17-15-24)25-21-29(37-31(36)13-8-20-35-18-4-5-19-35)32-27-11-7-12-28(27)33(2,3)38-30(32)22-25;/h14-17,21-23H,4-13,18-20H2,1-3H3;1H. The Labute approximate surface area is 239 Å². The maximum atomic E-state index is 13.2. The highest BCUT2D eigenvalue weighted by Crippen LogP contribution is 2.52. The van der Waals surface area contributed by atoms with Crippen LogP contribution >= 0.6 is 12.4 Å². The lowest BCUT2D eigenvalue weighted by molar-refractivity contribution is -0.134. The molecule has 1 saturated heterocycles. The number of esters is 1. The highest BCUT2D eigenvalue weighted by atomic mass is 35.5. The van der Waals surface area contributed by atoms with Gasteiger partial charge in [0.1, 0.15) is 22.9 Å². The molecule has 4 nitrogen and oxygen atoms in total. The fourth-order valence-electron chi connectivity index (χ4n) is 6.43. The van der Waals surface area contributed by atoms with Gasteiger partial charge in [0, 0.05) is 6.42 Å². The molecule has 1 unspecified atom stereocenters. The average molecular weight is 556 g/mol. The smallest absolute Gasteiger partial charge is 0.311 e. The summed E-state index contributed by atoms with van der Waals surface area (Å²) in [6, 6.07) is 11.0. The summed E-state index contributed by atoms with van der Waals surface area (Å²) in [4.78, 5) is 15.4. The van der Waals surface area contributed by atoms with Gasteiger partial charge in [-0.2, -0.15) is 0 Å². The third kappa shape index (κ3) is 7.05. The molecular formula is C33H43ClFNO3. The van der Waals surface area contributed by atoms with Crippen molar-refractivity contribution in [3.63, 3.8) is 0 Å². The fourth-order valence-corrected chi connectivity index (χ4v) is 6.43. The maximum Gasteiger partial charge on any atom is 0.311 e. The zero-order chi connectivity index (χ0) is 26.7. The first kappa shape index (κ1) is 29.6. The van der Waals surface area contributed by atoms with E-state index in [1.807, 2.05) is 12.1 Å². The van der Waals surface area contributed by atoms with E-state index in [1.165, 1.54) is 36.1 Å². The molecule has 2 aromatic carbocycles. The van der Waals surface area contributed by atoms with Crippen molar-refractivity contribution >= 4 is 23.9 Å². The van der Waals surface area contributed by atoms with Gasteiger partial charge < -0.3 is 14.4 Å². The van der Waals surface area contributed by atoms with E-state index in [0.29, 0.717) is 12.2 Å². The molecule has 2 aliphatic heterocycles. The van der Waals surface area contributed by atoms with Gasteiger partial charge in [0.05, 0.1) is 5.56 Å². The second-order valence-electron chi connectivity index (χ2n) is 11.9. The molecule has 1 aliphatic carbocycles. The van der Waals surface area contributed by atoms with Crippen molar-refractivity contribution in [3.05, 3.63) is 64.5 Å². The van der Waals surface area contributed by atoms with Gasteiger partial charge in [0.2, 0.25) is 0 Å². The SMILES string of the molecule is CC(CCCc1ccc(F)cc1)c1cc(OC(=O)CCCN2CCCC2)c2c(c1)OC(C)(C)C1=C2CCC1.Cl. The highest BCUT2D eigenvalue weighted by molar-refractivity contribution is 5.85. The Morgan fingerprint density at radius 2 is 1.82 bits per heavy atom. The van der Waals surface area contributed by atoms with Crippen molar-refractivity contribution < 1.29 is 18.7 Å². The number of halogens is 2. The summed E-state index contributed by atoms with van der Waals surface area (Å²) in [6.45, 7) is 9.79. The first-order valence-electron chi connectivity index (χ1n) is 14.6. The molecule has 0 bridgehead atoms. The zero-order valence-electron chi connectivity index (χ0n) is 23.7. The molecule has 212 valence electrons. The largest absolute Gasteiger partial charge is 0.483 e. The van der Waals surface area contributed by atoms with Gasteiger partial charge in [-0.05, 0) is 144 Å². The summed E-state index contributed by atoms with van der Waals surface area (Å²) < 4.78 is 26.0. The van der Waals surface area contributed by atoms with Crippen molar-refractivity contribution in [1.29, 1.82) is 0 Å². The Bertz CT molecular complexity index is 1180. The van der Waals surface area contributed by atoms with Crippen molar-refractivity contribution in [2.45, 2.75) is 96.5 Å². The maximum absolute atomic E-state index is 13.2. The number of hydrogen-bond donors (Lipinski definition) is 0. The molecule has 0 N–H and O–H groups in total. The van der Waals surface area contributed by atoms with Gasteiger partial charge in [-0.25, -0.2) is 4.39 Å². The number of carbonyl (C=O) groups is 1. The third-order valence-electron chi connectivity index (χ3n) is 8.56. The molecule has 5 rings (SSSR count). The summed E-state index contributed by atoms with van der Waals surface area (Å²) in [7, 11) is 0. The van der Waals surface area contributed by atoms with Gasteiger partial charge in [-0.15, -0.1) is 12.4 Å². The van der Waals surface area contributed by atoms with E-state index in [4.69, 9.17) is 9.47 Å². The molecule has 1 atom stereocenters. The monoisotopic (exact) mass is 555 g/mol. The topological polar surface area (TPSA) is 38.8 Å². The van der Waals surface area contributed by atoms with Gasteiger partial charge in [0.15, 0.2) is 0 Å². The van der Waals surface area contributed by atoms with Gasteiger partial charge in [0.25, 0.3) is 0 Å². The number of nitrogens with zero attached hydrogens (tertiary/aromatic N) is 1. The number of likely N-dealkylation sites (tertiary alicyclic amines) is 1. The number of rotatable bonds is 10. The summed E-state index contributed by atoms with van der Waals surface area (Å²) in [6.07, 6.45) is 9.83. The molecule has 0 spiro atoms. The number of hydrogen-bond acceptors (Lipinski definition) is 4. The Kier molecular flexibility index (Phi) is 9.77. The van der Waals surface area contributed by atoms with Gasteiger partial charge in [-0.3, -0.25) is 4.79 Å². The van der Waals surface area contributed by atoms with Crippen LogP contribution in [0.25, 0.3) is 5.57 Å². The quantitative estimate of drug-likeness (QED) is 0.218. The van der Waals surface area contributed by atoms with Crippen LogP contribution in [0.4, 0.5) is 4.39 Å². The van der Waals surface area contributed by atoms with Crippen LogP contribution in [0, 0.1) is 5.82 Å².